The van der Waals surface area contributed by atoms with Crippen LogP contribution in [0.1, 0.15) is 33.6 Å². The molecule has 0 aromatic rings. The van der Waals surface area contributed by atoms with Gasteiger partial charge in [-0.3, -0.25) is 5.41 Å². The lowest BCUT2D eigenvalue weighted by atomic mass is 9.97. The molecule has 12 heavy (non-hydrogen) atoms. The second-order valence-electron chi connectivity index (χ2n) is 2.67. The van der Waals surface area contributed by atoms with Crippen LogP contribution in [0.2, 0.25) is 0 Å². The van der Waals surface area contributed by atoms with E-state index < -0.39 is 5.60 Å². The highest BCUT2D eigenvalue weighted by atomic mass is 16.5. The van der Waals surface area contributed by atoms with Gasteiger partial charge in [0.05, 0.1) is 6.61 Å². The molecule has 3 nitrogen and oxygen atoms in total. The van der Waals surface area contributed by atoms with Crippen molar-refractivity contribution in [1.29, 1.82) is 5.41 Å². The summed E-state index contributed by atoms with van der Waals surface area (Å²) < 4.78 is 10.4. The van der Waals surface area contributed by atoms with E-state index >= 15 is 0 Å². The fourth-order valence-electron chi connectivity index (χ4n) is 1.23. The van der Waals surface area contributed by atoms with Crippen LogP contribution in [-0.4, -0.2) is 25.2 Å². The lowest BCUT2D eigenvalue weighted by molar-refractivity contribution is 0.0207. The molecular weight excluding hydrogens is 154 g/mol. The molecule has 0 aliphatic carbocycles. The first-order valence-corrected chi connectivity index (χ1v) is 4.43. The molecule has 0 rings (SSSR count). The Kier molecular flexibility index (Phi) is 4.90. The van der Waals surface area contributed by atoms with Gasteiger partial charge >= 0.3 is 0 Å². The number of hydrogen-bond acceptors (Lipinski definition) is 3. The van der Waals surface area contributed by atoms with Crippen molar-refractivity contribution in [1.82, 2.24) is 0 Å². The quantitative estimate of drug-likeness (QED) is 0.511. The molecule has 72 valence electrons. The molecule has 0 amide bonds. The summed E-state index contributed by atoms with van der Waals surface area (Å²) in [7, 11) is 1.63. The summed E-state index contributed by atoms with van der Waals surface area (Å²) in [5.41, 5.74) is -0.504. The van der Waals surface area contributed by atoms with Gasteiger partial charge in [0.15, 0.2) is 0 Å². The minimum Gasteiger partial charge on any atom is -0.479 e. The van der Waals surface area contributed by atoms with E-state index in [-0.39, 0.29) is 5.90 Å². The number of methoxy groups -OCH3 is 1. The molecule has 0 radical (unpaired) electrons. The van der Waals surface area contributed by atoms with Gasteiger partial charge in [0.25, 0.3) is 0 Å². The monoisotopic (exact) mass is 173 g/mol. The highest BCUT2D eigenvalue weighted by molar-refractivity contribution is 5.82. The topological polar surface area (TPSA) is 42.3 Å². The van der Waals surface area contributed by atoms with Gasteiger partial charge in [-0.25, -0.2) is 0 Å². The molecule has 0 saturated carbocycles. The first-order valence-electron chi connectivity index (χ1n) is 4.43. The van der Waals surface area contributed by atoms with Crippen LogP contribution >= 0.6 is 0 Å². The highest BCUT2D eigenvalue weighted by Gasteiger charge is 2.32. The van der Waals surface area contributed by atoms with Crippen molar-refractivity contribution >= 4 is 5.90 Å². The van der Waals surface area contributed by atoms with Crippen molar-refractivity contribution in [2.75, 3.05) is 13.7 Å². The Morgan fingerprint density at radius 1 is 1.25 bits per heavy atom. The summed E-state index contributed by atoms with van der Waals surface area (Å²) in [5.74, 6) is 0.248. The molecule has 0 aliphatic rings. The fraction of sp³-hybridized carbons (Fsp3) is 0.889. The van der Waals surface area contributed by atoms with E-state index in [9.17, 15) is 0 Å². The van der Waals surface area contributed by atoms with E-state index in [2.05, 4.69) is 0 Å². The molecule has 0 aromatic heterocycles. The Hall–Kier alpha value is -0.570. The Balaban J connectivity index is 4.36. The third-order valence-electron chi connectivity index (χ3n) is 2.24. The summed E-state index contributed by atoms with van der Waals surface area (Å²) in [6.45, 7) is 6.41. The average molecular weight is 173 g/mol. The summed E-state index contributed by atoms with van der Waals surface area (Å²) in [6.07, 6.45) is 1.55. The lowest BCUT2D eigenvalue weighted by Crippen LogP contribution is -2.40. The summed E-state index contributed by atoms with van der Waals surface area (Å²) in [4.78, 5) is 0. The molecule has 3 heteroatoms. The molecule has 0 aromatic carbocycles. The molecular formula is C9H19NO2. The minimum atomic E-state index is -0.504. The van der Waals surface area contributed by atoms with Gasteiger partial charge in [-0.05, 0) is 19.8 Å². The van der Waals surface area contributed by atoms with E-state index in [1.165, 1.54) is 0 Å². The Labute approximate surface area is 74.6 Å². The van der Waals surface area contributed by atoms with Gasteiger partial charge in [-0.15, -0.1) is 0 Å². The smallest absolute Gasteiger partial charge is 0.213 e. The van der Waals surface area contributed by atoms with Crippen molar-refractivity contribution < 1.29 is 9.47 Å². The number of rotatable bonds is 5. The first-order chi connectivity index (χ1) is 5.66. The zero-order chi connectivity index (χ0) is 9.61. The molecule has 0 saturated heterocycles. The maximum atomic E-state index is 7.65. The summed E-state index contributed by atoms with van der Waals surface area (Å²) in [5, 5.41) is 7.65. The number of ether oxygens (including phenoxy) is 2. The van der Waals surface area contributed by atoms with Gasteiger partial charge in [0.1, 0.15) is 5.60 Å². The van der Waals surface area contributed by atoms with E-state index in [4.69, 9.17) is 14.9 Å². The van der Waals surface area contributed by atoms with Crippen LogP contribution in [0.4, 0.5) is 0 Å². The average Bonchev–Trinajstić information content (AvgIpc) is 2.09. The van der Waals surface area contributed by atoms with E-state index in [0.717, 1.165) is 12.8 Å². The summed E-state index contributed by atoms with van der Waals surface area (Å²) in [6, 6.07) is 0. The third-order valence-corrected chi connectivity index (χ3v) is 2.24. The van der Waals surface area contributed by atoms with Crippen LogP contribution in [0.15, 0.2) is 0 Å². The van der Waals surface area contributed by atoms with Gasteiger partial charge in [0, 0.05) is 7.11 Å². The van der Waals surface area contributed by atoms with Crippen molar-refractivity contribution in [3.8, 4) is 0 Å². The molecule has 0 fully saturated rings. The van der Waals surface area contributed by atoms with Crippen LogP contribution in [0.5, 0.6) is 0 Å². The van der Waals surface area contributed by atoms with Gasteiger partial charge in [-0.2, -0.15) is 0 Å². The molecule has 1 N–H and O–H groups in total. The van der Waals surface area contributed by atoms with Gasteiger partial charge < -0.3 is 9.47 Å². The van der Waals surface area contributed by atoms with Crippen molar-refractivity contribution in [3.05, 3.63) is 0 Å². The fourth-order valence-corrected chi connectivity index (χ4v) is 1.23. The Morgan fingerprint density at radius 3 is 2.00 bits per heavy atom. The van der Waals surface area contributed by atoms with Crippen molar-refractivity contribution in [2.45, 2.75) is 39.2 Å². The number of hydrogen-bond donors (Lipinski definition) is 1. The van der Waals surface area contributed by atoms with Crippen molar-refractivity contribution in [2.24, 2.45) is 0 Å². The SMILES string of the molecule is CCOC(=N)C(CC)(CC)OC. The molecule has 0 unspecified atom stereocenters. The van der Waals surface area contributed by atoms with E-state index in [1.807, 2.05) is 20.8 Å². The first kappa shape index (κ1) is 11.4. The second kappa shape index (κ2) is 5.14. The minimum absolute atomic E-state index is 0.248. The van der Waals surface area contributed by atoms with Crippen molar-refractivity contribution in [3.63, 3.8) is 0 Å². The highest BCUT2D eigenvalue weighted by Crippen LogP contribution is 2.21. The van der Waals surface area contributed by atoms with Crippen LogP contribution < -0.4 is 0 Å². The van der Waals surface area contributed by atoms with Crippen LogP contribution in [0.3, 0.4) is 0 Å². The van der Waals surface area contributed by atoms with Gasteiger partial charge in [0.2, 0.25) is 5.90 Å². The predicted octanol–water partition coefficient (Wildman–Crippen LogP) is 2.21. The largest absolute Gasteiger partial charge is 0.479 e. The molecule has 0 heterocycles. The van der Waals surface area contributed by atoms with E-state index in [1.54, 1.807) is 7.11 Å². The molecule has 0 bridgehead atoms. The number of nitrogens with one attached hydrogen (secondary N) is 1. The zero-order valence-corrected chi connectivity index (χ0v) is 8.44. The molecule has 0 aliphatic heterocycles. The lowest BCUT2D eigenvalue weighted by Gasteiger charge is -2.29. The summed E-state index contributed by atoms with van der Waals surface area (Å²) >= 11 is 0. The standard InChI is InChI=1S/C9H19NO2/c1-5-9(6-2,11-4)8(10)12-7-3/h10H,5-7H2,1-4H3. The Bertz CT molecular complexity index is 133. The van der Waals surface area contributed by atoms with Crippen LogP contribution in [0.25, 0.3) is 0 Å². The zero-order valence-electron chi connectivity index (χ0n) is 8.44. The van der Waals surface area contributed by atoms with Crippen LogP contribution in [0, 0.1) is 5.41 Å². The normalized spacial score (nSPS) is 11.3. The maximum Gasteiger partial charge on any atom is 0.213 e. The molecule has 0 spiro atoms. The molecule has 0 atom stereocenters. The maximum absolute atomic E-state index is 7.65. The van der Waals surface area contributed by atoms with Gasteiger partial charge in [-0.1, -0.05) is 13.8 Å². The predicted molar refractivity (Wildman–Crippen MR) is 49.7 cm³/mol. The Morgan fingerprint density at radius 2 is 1.75 bits per heavy atom. The van der Waals surface area contributed by atoms with E-state index in [0.29, 0.717) is 6.61 Å². The second-order valence-corrected chi connectivity index (χ2v) is 2.67. The van der Waals surface area contributed by atoms with Crippen LogP contribution in [-0.2, 0) is 9.47 Å². The third kappa shape index (κ3) is 2.21.